The highest BCUT2D eigenvalue weighted by Gasteiger charge is 2.44. The van der Waals surface area contributed by atoms with Gasteiger partial charge in [-0.25, -0.2) is 0 Å². The van der Waals surface area contributed by atoms with E-state index in [1.54, 1.807) is 0 Å². The van der Waals surface area contributed by atoms with Gasteiger partial charge in [-0.1, -0.05) is 12.8 Å². The highest BCUT2D eigenvalue weighted by atomic mass is 15.4. The monoisotopic (exact) mass is 324 g/mol. The predicted molar refractivity (Wildman–Crippen MR) is 102 cm³/mol. The molecule has 0 atom stereocenters. The third-order valence-electron chi connectivity index (χ3n) is 7.91. The molecular formula is C21H44N2+2. The van der Waals surface area contributed by atoms with Crippen molar-refractivity contribution < 1.29 is 8.97 Å². The van der Waals surface area contributed by atoms with Gasteiger partial charge in [0, 0.05) is 0 Å². The molecule has 0 unspecified atom stereocenters. The first-order valence-electron chi connectivity index (χ1n) is 10.3. The molecule has 0 radical (unpaired) electrons. The largest absolute Gasteiger partial charge is 0.326 e. The molecular weight excluding hydrogens is 280 g/mol. The second-order valence-corrected chi connectivity index (χ2v) is 10.2. The maximum absolute atomic E-state index is 2.53. The van der Waals surface area contributed by atoms with Crippen LogP contribution in [0.25, 0.3) is 0 Å². The standard InChI is InChI=1S/C21H44N2/c1-21(2,23(5,6)20-15-11-8-12-16-20)17-18-22(3,4)19-13-9-7-10-14-19/h19-20H,7-18H2,1-6H3/q+2. The molecule has 0 aromatic heterocycles. The summed E-state index contributed by atoms with van der Waals surface area (Å²) in [5.41, 5.74) is 0.381. The topological polar surface area (TPSA) is 0 Å². The van der Waals surface area contributed by atoms with Crippen LogP contribution in [0.15, 0.2) is 0 Å². The average Bonchev–Trinajstić information content (AvgIpc) is 2.55. The third kappa shape index (κ3) is 4.51. The van der Waals surface area contributed by atoms with Crippen molar-refractivity contribution in [3.63, 3.8) is 0 Å². The quantitative estimate of drug-likeness (QED) is 0.605. The zero-order chi connectivity index (χ0) is 17.1. The van der Waals surface area contributed by atoms with E-state index in [9.17, 15) is 0 Å². The lowest BCUT2D eigenvalue weighted by molar-refractivity contribution is -0.970. The molecule has 0 saturated heterocycles. The van der Waals surface area contributed by atoms with Crippen molar-refractivity contribution in [3.8, 4) is 0 Å². The molecule has 2 fully saturated rings. The summed E-state index contributed by atoms with van der Waals surface area (Å²) in [7, 11) is 10.0. The molecule has 2 saturated carbocycles. The summed E-state index contributed by atoms with van der Waals surface area (Å²) in [4.78, 5) is 0. The molecule has 2 nitrogen and oxygen atoms in total. The second-order valence-electron chi connectivity index (χ2n) is 10.2. The average molecular weight is 325 g/mol. The Kier molecular flexibility index (Phi) is 6.22. The van der Waals surface area contributed by atoms with Crippen LogP contribution in [0.3, 0.4) is 0 Å². The van der Waals surface area contributed by atoms with Gasteiger partial charge in [0.05, 0.1) is 58.8 Å². The van der Waals surface area contributed by atoms with Gasteiger partial charge in [-0.05, 0) is 65.2 Å². The molecule has 0 amide bonds. The van der Waals surface area contributed by atoms with Gasteiger partial charge in [0.25, 0.3) is 0 Å². The van der Waals surface area contributed by atoms with E-state index in [1.807, 2.05) is 0 Å². The van der Waals surface area contributed by atoms with Crippen LogP contribution in [0.4, 0.5) is 0 Å². The molecule has 0 spiro atoms. The van der Waals surface area contributed by atoms with E-state index in [1.165, 1.54) is 86.1 Å². The summed E-state index contributed by atoms with van der Waals surface area (Å²) in [5, 5.41) is 0. The van der Waals surface area contributed by atoms with Crippen LogP contribution in [-0.4, -0.2) is 61.3 Å². The first-order valence-corrected chi connectivity index (χ1v) is 10.3. The Labute approximate surface area is 146 Å². The Bertz CT molecular complexity index is 358. The van der Waals surface area contributed by atoms with Crippen LogP contribution in [0.1, 0.15) is 84.5 Å². The zero-order valence-corrected chi connectivity index (χ0v) is 17.0. The molecule has 136 valence electrons. The van der Waals surface area contributed by atoms with Crippen LogP contribution in [0.2, 0.25) is 0 Å². The minimum absolute atomic E-state index is 0.381. The minimum atomic E-state index is 0.381. The van der Waals surface area contributed by atoms with Crippen molar-refractivity contribution in [1.29, 1.82) is 0 Å². The SMILES string of the molecule is CC(C)(CC[N+](C)(C)C1CCCCC1)[N+](C)(C)C1CCCCC1. The molecule has 0 heterocycles. The first-order chi connectivity index (χ1) is 10.7. The van der Waals surface area contributed by atoms with Crippen molar-refractivity contribution in [1.82, 2.24) is 0 Å². The van der Waals surface area contributed by atoms with E-state index in [-0.39, 0.29) is 0 Å². The maximum atomic E-state index is 2.53. The van der Waals surface area contributed by atoms with Crippen LogP contribution in [-0.2, 0) is 0 Å². The summed E-state index contributed by atoms with van der Waals surface area (Å²) in [5.74, 6) is 0. The summed E-state index contributed by atoms with van der Waals surface area (Å²) in [6.45, 7) is 6.40. The van der Waals surface area contributed by atoms with Gasteiger partial charge in [-0.3, -0.25) is 0 Å². The number of quaternary nitrogens is 2. The Balaban J connectivity index is 1.95. The van der Waals surface area contributed by atoms with Crippen molar-refractivity contribution in [2.24, 2.45) is 0 Å². The Morgan fingerprint density at radius 2 is 1.13 bits per heavy atom. The van der Waals surface area contributed by atoms with Gasteiger partial charge < -0.3 is 8.97 Å². The normalized spacial score (nSPS) is 23.2. The van der Waals surface area contributed by atoms with Crippen LogP contribution in [0, 0.1) is 0 Å². The molecule has 2 rings (SSSR count). The minimum Gasteiger partial charge on any atom is -0.326 e. The molecule has 0 aliphatic heterocycles. The van der Waals surface area contributed by atoms with Gasteiger partial charge in [-0.15, -0.1) is 0 Å². The third-order valence-corrected chi connectivity index (χ3v) is 7.91. The Hall–Kier alpha value is -0.0800. The molecule has 23 heavy (non-hydrogen) atoms. The van der Waals surface area contributed by atoms with Gasteiger partial charge in [-0.2, -0.15) is 0 Å². The summed E-state index contributed by atoms with van der Waals surface area (Å²) in [6, 6.07) is 1.79. The number of hydrogen-bond acceptors (Lipinski definition) is 0. The maximum Gasteiger partial charge on any atom is 0.0987 e. The summed E-state index contributed by atoms with van der Waals surface area (Å²) >= 11 is 0. The zero-order valence-electron chi connectivity index (χ0n) is 17.0. The van der Waals surface area contributed by atoms with E-state index in [0.717, 1.165) is 12.1 Å². The number of hydrogen-bond donors (Lipinski definition) is 0. The predicted octanol–water partition coefficient (Wildman–Crippen LogP) is 4.97. The van der Waals surface area contributed by atoms with E-state index in [4.69, 9.17) is 0 Å². The first kappa shape index (κ1) is 19.2. The molecule has 2 aliphatic carbocycles. The molecule has 2 aliphatic rings. The smallest absolute Gasteiger partial charge is 0.0987 e. The molecule has 0 N–H and O–H groups in total. The highest BCUT2D eigenvalue weighted by molar-refractivity contribution is 4.76. The van der Waals surface area contributed by atoms with E-state index in [0.29, 0.717) is 5.54 Å². The highest BCUT2D eigenvalue weighted by Crippen LogP contribution is 2.35. The van der Waals surface area contributed by atoms with E-state index >= 15 is 0 Å². The molecule has 0 bridgehead atoms. The fourth-order valence-electron chi connectivity index (χ4n) is 5.03. The van der Waals surface area contributed by atoms with E-state index < -0.39 is 0 Å². The van der Waals surface area contributed by atoms with Gasteiger partial charge in [0.1, 0.15) is 0 Å². The van der Waals surface area contributed by atoms with Crippen molar-refractivity contribution in [2.75, 3.05) is 34.7 Å². The fraction of sp³-hybridized carbons (Fsp3) is 1.00. The summed E-state index contributed by atoms with van der Waals surface area (Å²) < 4.78 is 2.46. The van der Waals surface area contributed by atoms with E-state index in [2.05, 4.69) is 42.0 Å². The van der Waals surface area contributed by atoms with Crippen LogP contribution < -0.4 is 0 Å². The number of nitrogens with zero attached hydrogens (tertiary/aromatic N) is 2. The molecule has 2 heteroatoms. The Morgan fingerprint density at radius 1 is 0.696 bits per heavy atom. The molecule has 0 aromatic carbocycles. The van der Waals surface area contributed by atoms with Crippen molar-refractivity contribution in [3.05, 3.63) is 0 Å². The van der Waals surface area contributed by atoms with Crippen LogP contribution >= 0.6 is 0 Å². The van der Waals surface area contributed by atoms with Gasteiger partial charge in [0.15, 0.2) is 0 Å². The second kappa shape index (κ2) is 7.44. The lowest BCUT2D eigenvalue weighted by atomic mass is 9.85. The van der Waals surface area contributed by atoms with Crippen LogP contribution in [0.5, 0.6) is 0 Å². The lowest BCUT2D eigenvalue weighted by Gasteiger charge is -2.52. The summed E-state index contributed by atoms with van der Waals surface area (Å²) in [6.07, 6.45) is 15.9. The lowest BCUT2D eigenvalue weighted by Crippen LogP contribution is -2.63. The Morgan fingerprint density at radius 3 is 1.61 bits per heavy atom. The van der Waals surface area contributed by atoms with Gasteiger partial charge in [0.2, 0.25) is 0 Å². The number of rotatable bonds is 6. The van der Waals surface area contributed by atoms with Gasteiger partial charge >= 0.3 is 0 Å². The molecule has 0 aromatic rings. The van der Waals surface area contributed by atoms with Crippen molar-refractivity contribution >= 4 is 0 Å². The fourth-order valence-corrected chi connectivity index (χ4v) is 5.03. The van der Waals surface area contributed by atoms with Crippen molar-refractivity contribution in [2.45, 2.75) is 102 Å².